The predicted octanol–water partition coefficient (Wildman–Crippen LogP) is 1.81. The summed E-state index contributed by atoms with van der Waals surface area (Å²) in [5.74, 6) is 0. The maximum absolute atomic E-state index is 10.2. The van der Waals surface area contributed by atoms with Crippen molar-refractivity contribution in [2.75, 3.05) is 31.1 Å². The number of hydrogen-bond donors (Lipinski definition) is 2. The van der Waals surface area contributed by atoms with Crippen molar-refractivity contribution in [3.05, 3.63) is 28.8 Å². The molecule has 1 aromatic rings. The topological polar surface area (TPSA) is 35.5 Å². The van der Waals surface area contributed by atoms with E-state index in [0.717, 1.165) is 29.4 Å². The molecule has 0 radical (unpaired) electrons. The summed E-state index contributed by atoms with van der Waals surface area (Å²) in [5.41, 5.74) is 1.49. The van der Waals surface area contributed by atoms with Gasteiger partial charge in [0.15, 0.2) is 0 Å². The standard InChI is InChI=1S/C13H19ClN2O/c1-10-11(14)4-3-5-12(10)16-7-6-15-8-13(2,17)9-16/h3-5,15,17H,6-9H2,1-2H3. The van der Waals surface area contributed by atoms with Crippen LogP contribution in [0.1, 0.15) is 12.5 Å². The molecular formula is C13H19ClN2O. The van der Waals surface area contributed by atoms with E-state index < -0.39 is 5.60 Å². The highest BCUT2D eigenvalue weighted by atomic mass is 35.5. The molecule has 17 heavy (non-hydrogen) atoms. The minimum absolute atomic E-state index is 0.626. The molecule has 2 rings (SSSR count). The summed E-state index contributed by atoms with van der Waals surface area (Å²) in [7, 11) is 0. The molecule has 1 atom stereocenters. The van der Waals surface area contributed by atoms with Gasteiger partial charge in [0.2, 0.25) is 0 Å². The first-order chi connectivity index (χ1) is 7.99. The number of nitrogens with zero attached hydrogens (tertiary/aromatic N) is 1. The van der Waals surface area contributed by atoms with Crippen LogP contribution in [-0.4, -0.2) is 36.9 Å². The fraction of sp³-hybridized carbons (Fsp3) is 0.538. The highest BCUT2D eigenvalue weighted by Gasteiger charge is 2.27. The van der Waals surface area contributed by atoms with Gasteiger partial charge in [0, 0.05) is 36.9 Å². The molecule has 1 aliphatic rings. The van der Waals surface area contributed by atoms with Gasteiger partial charge in [0.05, 0.1) is 5.60 Å². The van der Waals surface area contributed by atoms with E-state index in [0.29, 0.717) is 13.1 Å². The second-order valence-electron chi connectivity index (χ2n) is 4.98. The number of hydrogen-bond acceptors (Lipinski definition) is 3. The lowest BCUT2D eigenvalue weighted by molar-refractivity contribution is 0.0729. The predicted molar refractivity (Wildman–Crippen MR) is 71.9 cm³/mol. The van der Waals surface area contributed by atoms with E-state index in [4.69, 9.17) is 11.6 Å². The van der Waals surface area contributed by atoms with Gasteiger partial charge in [-0.3, -0.25) is 0 Å². The van der Waals surface area contributed by atoms with Gasteiger partial charge >= 0.3 is 0 Å². The van der Waals surface area contributed by atoms with Crippen LogP contribution >= 0.6 is 11.6 Å². The molecule has 0 bridgehead atoms. The zero-order valence-corrected chi connectivity index (χ0v) is 11.1. The third-order valence-corrected chi connectivity index (χ3v) is 3.59. The minimum Gasteiger partial charge on any atom is -0.387 e. The minimum atomic E-state index is -0.703. The molecular weight excluding hydrogens is 236 g/mol. The Morgan fingerprint density at radius 2 is 2.24 bits per heavy atom. The van der Waals surface area contributed by atoms with Crippen molar-refractivity contribution in [1.29, 1.82) is 0 Å². The van der Waals surface area contributed by atoms with Crippen molar-refractivity contribution in [1.82, 2.24) is 5.32 Å². The van der Waals surface area contributed by atoms with Gasteiger partial charge in [0.25, 0.3) is 0 Å². The number of rotatable bonds is 1. The Bertz CT molecular complexity index is 406. The summed E-state index contributed by atoms with van der Waals surface area (Å²) in [6.45, 7) is 6.90. The van der Waals surface area contributed by atoms with E-state index in [9.17, 15) is 5.11 Å². The number of nitrogens with one attached hydrogen (secondary N) is 1. The Labute approximate surface area is 107 Å². The first kappa shape index (κ1) is 12.7. The molecule has 0 spiro atoms. The summed E-state index contributed by atoms with van der Waals surface area (Å²) in [4.78, 5) is 2.20. The van der Waals surface area contributed by atoms with Gasteiger partial charge in [-0.25, -0.2) is 0 Å². The molecule has 3 nitrogen and oxygen atoms in total. The molecule has 0 aromatic heterocycles. The number of halogens is 1. The molecule has 1 aromatic carbocycles. The van der Waals surface area contributed by atoms with Crippen molar-refractivity contribution < 1.29 is 5.11 Å². The van der Waals surface area contributed by atoms with Crippen LogP contribution in [0, 0.1) is 6.92 Å². The summed E-state index contributed by atoms with van der Waals surface area (Å²) in [5, 5.41) is 14.2. The molecule has 4 heteroatoms. The highest BCUT2D eigenvalue weighted by Crippen LogP contribution is 2.27. The molecule has 0 amide bonds. The molecule has 1 aliphatic heterocycles. The van der Waals surface area contributed by atoms with Gasteiger partial charge < -0.3 is 15.3 Å². The average molecular weight is 255 g/mol. The molecule has 0 aliphatic carbocycles. The molecule has 0 saturated carbocycles. The SMILES string of the molecule is Cc1c(Cl)cccc1N1CCNCC(C)(O)C1. The van der Waals surface area contributed by atoms with Crippen molar-refractivity contribution >= 4 is 17.3 Å². The second kappa shape index (κ2) is 4.84. The zero-order valence-electron chi connectivity index (χ0n) is 10.3. The smallest absolute Gasteiger partial charge is 0.0917 e. The van der Waals surface area contributed by atoms with Gasteiger partial charge in [-0.2, -0.15) is 0 Å². The first-order valence-corrected chi connectivity index (χ1v) is 6.30. The Kier molecular flexibility index (Phi) is 3.61. The first-order valence-electron chi connectivity index (χ1n) is 5.93. The van der Waals surface area contributed by atoms with Crippen LogP contribution in [0.5, 0.6) is 0 Å². The van der Waals surface area contributed by atoms with Gasteiger partial charge in [-0.1, -0.05) is 17.7 Å². The molecule has 1 heterocycles. The molecule has 2 N–H and O–H groups in total. The zero-order chi connectivity index (χ0) is 12.5. The van der Waals surface area contributed by atoms with Gasteiger partial charge in [-0.05, 0) is 31.5 Å². The Hall–Kier alpha value is -0.770. The van der Waals surface area contributed by atoms with E-state index >= 15 is 0 Å². The van der Waals surface area contributed by atoms with E-state index in [1.807, 2.05) is 26.0 Å². The van der Waals surface area contributed by atoms with Crippen LogP contribution in [0.2, 0.25) is 5.02 Å². The van der Waals surface area contributed by atoms with E-state index in [1.165, 1.54) is 0 Å². The fourth-order valence-electron chi connectivity index (χ4n) is 2.26. The van der Waals surface area contributed by atoms with Crippen LogP contribution in [-0.2, 0) is 0 Å². The molecule has 1 saturated heterocycles. The normalized spacial score (nSPS) is 25.8. The molecule has 1 unspecified atom stereocenters. The number of β-amino-alcohol motifs (C(OH)–C–C–N with tert-alkyl or cyclic N) is 1. The number of aliphatic hydroxyl groups is 1. The van der Waals surface area contributed by atoms with Crippen LogP contribution < -0.4 is 10.2 Å². The second-order valence-corrected chi connectivity index (χ2v) is 5.39. The summed E-state index contributed by atoms with van der Waals surface area (Å²) < 4.78 is 0. The van der Waals surface area contributed by atoms with Crippen molar-refractivity contribution in [2.45, 2.75) is 19.4 Å². The highest BCUT2D eigenvalue weighted by molar-refractivity contribution is 6.31. The monoisotopic (exact) mass is 254 g/mol. The van der Waals surface area contributed by atoms with Crippen molar-refractivity contribution in [3.63, 3.8) is 0 Å². The number of anilines is 1. The van der Waals surface area contributed by atoms with E-state index in [2.05, 4.69) is 16.3 Å². The van der Waals surface area contributed by atoms with Crippen molar-refractivity contribution in [2.24, 2.45) is 0 Å². The largest absolute Gasteiger partial charge is 0.387 e. The van der Waals surface area contributed by atoms with Crippen LogP contribution in [0.25, 0.3) is 0 Å². The van der Waals surface area contributed by atoms with Crippen LogP contribution in [0.15, 0.2) is 18.2 Å². The summed E-state index contributed by atoms with van der Waals surface area (Å²) in [6.07, 6.45) is 0. The average Bonchev–Trinajstić information content (AvgIpc) is 2.43. The van der Waals surface area contributed by atoms with E-state index in [1.54, 1.807) is 0 Å². The van der Waals surface area contributed by atoms with Gasteiger partial charge in [-0.15, -0.1) is 0 Å². The Balaban J connectivity index is 2.29. The van der Waals surface area contributed by atoms with Crippen LogP contribution in [0.3, 0.4) is 0 Å². The quantitative estimate of drug-likeness (QED) is 0.803. The summed E-state index contributed by atoms with van der Waals surface area (Å²) >= 11 is 6.14. The molecule has 1 fully saturated rings. The van der Waals surface area contributed by atoms with Gasteiger partial charge in [0.1, 0.15) is 0 Å². The summed E-state index contributed by atoms with van der Waals surface area (Å²) in [6, 6.07) is 5.91. The maximum atomic E-state index is 10.2. The fourth-order valence-corrected chi connectivity index (χ4v) is 2.43. The lowest BCUT2D eigenvalue weighted by atomic mass is 10.1. The Morgan fingerprint density at radius 3 is 3.00 bits per heavy atom. The third-order valence-electron chi connectivity index (χ3n) is 3.18. The lowest BCUT2D eigenvalue weighted by Crippen LogP contribution is -2.43. The maximum Gasteiger partial charge on any atom is 0.0917 e. The molecule has 94 valence electrons. The van der Waals surface area contributed by atoms with Crippen molar-refractivity contribution in [3.8, 4) is 0 Å². The lowest BCUT2D eigenvalue weighted by Gasteiger charge is -2.30. The number of benzene rings is 1. The third kappa shape index (κ3) is 2.92. The van der Waals surface area contributed by atoms with Crippen LogP contribution in [0.4, 0.5) is 5.69 Å². The Morgan fingerprint density at radius 1 is 1.47 bits per heavy atom. The van der Waals surface area contributed by atoms with E-state index in [-0.39, 0.29) is 0 Å².